The lowest BCUT2D eigenvalue weighted by Gasteiger charge is -2.60. The normalized spacial score (nSPS) is 53.7. The Morgan fingerprint density at radius 1 is 1.18 bits per heavy atom. The van der Waals surface area contributed by atoms with Gasteiger partial charge in [-0.2, -0.15) is 0 Å². The lowest BCUT2D eigenvalue weighted by atomic mass is 9.43. The van der Waals surface area contributed by atoms with Gasteiger partial charge in [-0.1, -0.05) is 26.0 Å². The zero-order valence-corrected chi connectivity index (χ0v) is 23.8. The average Bonchev–Trinajstić information content (AvgIpc) is 3.27. The van der Waals surface area contributed by atoms with Gasteiger partial charge in [-0.05, 0) is 44.9 Å². The van der Waals surface area contributed by atoms with Crippen LogP contribution in [0, 0.1) is 34.0 Å². The van der Waals surface area contributed by atoms with Crippen LogP contribution >= 0.6 is 0 Å². The number of carbonyl (C=O) groups is 2. The molecule has 0 unspecified atom stereocenters. The molecule has 9 heteroatoms. The molecule has 7 rings (SSSR count). The smallest absolute Gasteiger partial charge is 0.333 e. The average molecular weight is 555 g/mol. The molecule has 9 nitrogen and oxygen atoms in total. The van der Waals surface area contributed by atoms with Gasteiger partial charge in [0, 0.05) is 47.2 Å². The molecule has 40 heavy (non-hydrogen) atoms. The quantitative estimate of drug-likeness (QED) is 0.185. The van der Waals surface area contributed by atoms with Gasteiger partial charge in [-0.15, -0.1) is 0 Å². The van der Waals surface area contributed by atoms with Crippen LogP contribution in [0.2, 0.25) is 0 Å². The van der Waals surface area contributed by atoms with Crippen molar-refractivity contribution in [1.29, 1.82) is 0 Å². The van der Waals surface area contributed by atoms with Crippen LogP contribution < -0.4 is 0 Å². The monoisotopic (exact) mass is 554 g/mol. The van der Waals surface area contributed by atoms with Gasteiger partial charge in [0.05, 0.1) is 36.8 Å². The second-order valence-corrected chi connectivity index (χ2v) is 13.3. The molecule has 0 spiro atoms. The van der Waals surface area contributed by atoms with Gasteiger partial charge >= 0.3 is 5.97 Å². The molecule has 0 amide bonds. The van der Waals surface area contributed by atoms with Crippen molar-refractivity contribution in [2.75, 3.05) is 13.7 Å². The number of hydrogen-bond donors (Lipinski definition) is 1. The second-order valence-electron chi connectivity index (χ2n) is 13.3. The van der Waals surface area contributed by atoms with Crippen molar-refractivity contribution in [2.45, 2.75) is 82.9 Å². The fraction of sp³-hybridized carbons (Fsp3) is 0.677. The van der Waals surface area contributed by atoms with Crippen molar-refractivity contribution in [1.82, 2.24) is 0 Å². The second kappa shape index (κ2) is 8.16. The molecule has 4 heterocycles. The molecule has 0 radical (unpaired) electrons. The zero-order valence-electron chi connectivity index (χ0n) is 23.8. The number of rotatable bonds is 6. The molecule has 0 aromatic carbocycles. The van der Waals surface area contributed by atoms with E-state index < -0.39 is 63.9 Å². The molecular formula is C31H38O9. The summed E-state index contributed by atoms with van der Waals surface area (Å²) < 4.78 is 37.3. The summed E-state index contributed by atoms with van der Waals surface area (Å²) in [5.74, 6) is -3.55. The number of methoxy groups -OCH3 is 1. The molecule has 3 aliphatic heterocycles. The van der Waals surface area contributed by atoms with Crippen LogP contribution in [-0.4, -0.2) is 67.1 Å². The summed E-state index contributed by atoms with van der Waals surface area (Å²) >= 11 is 0. The minimum atomic E-state index is -1.64. The number of ether oxygens (including phenoxy) is 5. The molecule has 2 saturated carbocycles. The molecule has 3 saturated heterocycles. The Kier molecular flexibility index (Phi) is 5.43. The van der Waals surface area contributed by atoms with E-state index in [1.54, 1.807) is 45.6 Å². The Hall–Kier alpha value is -2.30. The summed E-state index contributed by atoms with van der Waals surface area (Å²) in [6.45, 7) is 9.99. The van der Waals surface area contributed by atoms with Crippen LogP contribution in [0.15, 0.2) is 46.8 Å². The molecular weight excluding hydrogens is 516 g/mol. The first-order valence-electron chi connectivity index (χ1n) is 14.2. The van der Waals surface area contributed by atoms with Crippen LogP contribution in [0.25, 0.3) is 0 Å². The molecule has 216 valence electrons. The van der Waals surface area contributed by atoms with Crippen molar-refractivity contribution < 1.29 is 42.8 Å². The van der Waals surface area contributed by atoms with E-state index in [-0.39, 0.29) is 17.9 Å². The maximum absolute atomic E-state index is 13.4. The van der Waals surface area contributed by atoms with Crippen molar-refractivity contribution in [3.8, 4) is 0 Å². The van der Waals surface area contributed by atoms with E-state index in [0.717, 1.165) is 11.8 Å². The van der Waals surface area contributed by atoms with E-state index in [2.05, 4.69) is 6.92 Å². The van der Waals surface area contributed by atoms with E-state index in [1.165, 1.54) is 0 Å². The number of epoxide rings is 1. The van der Waals surface area contributed by atoms with Gasteiger partial charge < -0.3 is 38.0 Å². The summed E-state index contributed by atoms with van der Waals surface area (Å²) in [7, 11) is 1.56. The highest BCUT2D eigenvalue weighted by atomic mass is 16.7. The first-order valence-corrected chi connectivity index (χ1v) is 14.2. The summed E-state index contributed by atoms with van der Waals surface area (Å²) in [6.07, 6.45) is 7.90. The summed E-state index contributed by atoms with van der Waals surface area (Å²) in [5, 5.41) is 12.1. The van der Waals surface area contributed by atoms with Crippen LogP contribution in [0.1, 0.15) is 52.5 Å². The van der Waals surface area contributed by atoms with E-state index >= 15 is 0 Å². The highest BCUT2D eigenvalue weighted by Crippen LogP contribution is 2.77. The topological polar surface area (TPSA) is 117 Å². The number of fused-ring (bicyclic) bond motifs is 1. The van der Waals surface area contributed by atoms with Crippen molar-refractivity contribution in [3.63, 3.8) is 0 Å². The highest BCUT2D eigenvalue weighted by Gasteiger charge is 2.87. The summed E-state index contributed by atoms with van der Waals surface area (Å²) in [5.41, 5.74) is -1.89. The third-order valence-corrected chi connectivity index (χ3v) is 11.8. The minimum Gasteiger partial charge on any atom is -0.472 e. The third kappa shape index (κ3) is 2.86. The third-order valence-electron chi connectivity index (χ3n) is 11.8. The largest absolute Gasteiger partial charge is 0.472 e. The summed E-state index contributed by atoms with van der Waals surface area (Å²) in [6, 6.07) is 1.89. The number of furan rings is 1. The zero-order chi connectivity index (χ0) is 28.5. The Labute approximate surface area is 233 Å². The minimum absolute atomic E-state index is 0.162. The van der Waals surface area contributed by atoms with E-state index in [1.807, 2.05) is 26.0 Å². The van der Waals surface area contributed by atoms with E-state index in [0.29, 0.717) is 18.6 Å². The predicted molar refractivity (Wildman–Crippen MR) is 140 cm³/mol. The molecule has 5 fully saturated rings. The molecule has 3 aliphatic carbocycles. The number of carbonyl (C=O) groups excluding carboxylic acids is 2. The molecule has 1 N–H and O–H groups in total. The van der Waals surface area contributed by atoms with Gasteiger partial charge in [0.15, 0.2) is 12.1 Å². The van der Waals surface area contributed by atoms with Gasteiger partial charge in [-0.3, -0.25) is 0 Å². The standard InChI is InChI=1S/C31H38O9/c1-7-16(2)25(33)38-22-20(31-19(39-31)12-18(28(31,4)14-32)17-8-11-36-13-17)21-26(35-6)40-30(34)10-9-27(3)15-37-23(22)24(27)29(21,30)5/h7-11,13-14,18-24,26,34H,12,15H2,1-6H3/b16-7+/t18-,19-,20+,21+,22+,23+,24+,26-,27+,28+,29-,30+,31+/m1/s1. The number of aldehydes is 1. The lowest BCUT2D eigenvalue weighted by molar-refractivity contribution is -0.262. The number of allylic oxidation sites excluding steroid dienone is 1. The van der Waals surface area contributed by atoms with Crippen molar-refractivity contribution in [3.05, 3.63) is 48.0 Å². The lowest BCUT2D eigenvalue weighted by Crippen LogP contribution is -2.70. The Bertz CT molecular complexity index is 1300. The van der Waals surface area contributed by atoms with Crippen molar-refractivity contribution >= 4 is 12.3 Å². The van der Waals surface area contributed by atoms with Gasteiger partial charge in [0.1, 0.15) is 18.0 Å². The Morgan fingerprint density at radius 2 is 1.95 bits per heavy atom. The van der Waals surface area contributed by atoms with Crippen molar-refractivity contribution in [2.24, 2.45) is 34.0 Å². The fourth-order valence-electron chi connectivity index (χ4n) is 9.69. The first kappa shape index (κ1) is 26.6. The Balaban J connectivity index is 1.45. The molecule has 6 aliphatic rings. The highest BCUT2D eigenvalue weighted by molar-refractivity contribution is 5.87. The van der Waals surface area contributed by atoms with Gasteiger partial charge in [-0.25, -0.2) is 4.79 Å². The Morgan fingerprint density at radius 3 is 2.60 bits per heavy atom. The van der Waals surface area contributed by atoms with E-state index in [4.69, 9.17) is 28.1 Å². The number of aliphatic hydroxyl groups is 1. The van der Waals surface area contributed by atoms with Crippen LogP contribution in [0.3, 0.4) is 0 Å². The maximum Gasteiger partial charge on any atom is 0.333 e. The molecule has 0 bridgehead atoms. The van der Waals surface area contributed by atoms with Crippen LogP contribution in [0.4, 0.5) is 0 Å². The number of esters is 1. The van der Waals surface area contributed by atoms with Gasteiger partial charge in [0.2, 0.25) is 0 Å². The van der Waals surface area contributed by atoms with Crippen LogP contribution in [-0.2, 0) is 33.3 Å². The SMILES string of the molecule is C/C=C(\C)C(=O)O[C@@H]1[C@@H]2OC[C@]3(C)C=C[C@]4(O)O[C@@H](OC)[C@H]([C@@H]1[C@@]15O[C@@H]1C[C@H](c1ccoc1)[C@]5(C)C=O)[C@]4(C)[C@@H]23. The van der Waals surface area contributed by atoms with Crippen LogP contribution in [0.5, 0.6) is 0 Å². The molecule has 1 aromatic heterocycles. The van der Waals surface area contributed by atoms with Gasteiger partial charge in [0.25, 0.3) is 0 Å². The maximum atomic E-state index is 13.4. The molecule has 13 atom stereocenters. The molecule has 1 aromatic rings. The number of hydrogen-bond acceptors (Lipinski definition) is 9. The predicted octanol–water partition coefficient (Wildman–Crippen LogP) is 3.52. The first-order chi connectivity index (χ1) is 19.0. The summed E-state index contributed by atoms with van der Waals surface area (Å²) in [4.78, 5) is 26.6. The van der Waals surface area contributed by atoms with E-state index in [9.17, 15) is 14.7 Å². The fourth-order valence-corrected chi connectivity index (χ4v) is 9.69.